The molecule has 7 nitrogen and oxygen atoms in total. The maximum Gasteiger partial charge on any atom is 0.294 e. The summed E-state index contributed by atoms with van der Waals surface area (Å²) in [5.74, 6) is -1.06. The Bertz CT molecular complexity index is 1490. The second-order valence-corrected chi connectivity index (χ2v) is 9.62. The summed E-state index contributed by atoms with van der Waals surface area (Å²) in [5, 5.41) is 33.1. The zero-order valence-corrected chi connectivity index (χ0v) is 20.8. The molecule has 2 N–H and O–H groups in total. The van der Waals surface area contributed by atoms with Gasteiger partial charge in [-0.2, -0.15) is 0 Å². The lowest BCUT2D eigenvalue weighted by atomic mass is 9.73. The third kappa shape index (κ3) is 4.32. The monoisotopic (exact) mass is 513 g/mol. The van der Waals surface area contributed by atoms with Crippen LogP contribution in [0, 0.1) is 22.4 Å². The number of benzene rings is 3. The molecule has 8 heteroatoms. The summed E-state index contributed by atoms with van der Waals surface area (Å²) >= 11 is 6.08. The number of carbonyl (C=O) groups is 1. The van der Waals surface area contributed by atoms with Crippen molar-refractivity contribution in [1.82, 2.24) is 0 Å². The smallest absolute Gasteiger partial charge is 0.294 e. The Balaban J connectivity index is 1.86. The largest absolute Gasteiger partial charge is 0.507 e. The maximum atomic E-state index is 13.5. The Morgan fingerprint density at radius 1 is 1.08 bits per heavy atom. The van der Waals surface area contributed by atoms with Crippen molar-refractivity contribution >= 4 is 40.4 Å². The van der Waals surface area contributed by atoms with Crippen molar-refractivity contribution in [2.75, 3.05) is 4.90 Å². The highest BCUT2D eigenvalue weighted by atomic mass is 35.5. The van der Waals surface area contributed by atoms with Crippen molar-refractivity contribution < 1.29 is 14.8 Å². The van der Waals surface area contributed by atoms with Gasteiger partial charge in [-0.3, -0.25) is 25.2 Å². The Kier molecular flexibility index (Phi) is 6.39. The molecule has 1 aliphatic carbocycles. The van der Waals surface area contributed by atoms with Gasteiger partial charge in [0.1, 0.15) is 17.3 Å². The highest BCUT2D eigenvalue weighted by Crippen LogP contribution is 2.49. The number of nitro benzene ring substituents is 1. The summed E-state index contributed by atoms with van der Waals surface area (Å²) in [6.45, 7) is 1.96. The zero-order valence-electron chi connectivity index (χ0n) is 20.1. The zero-order chi connectivity index (χ0) is 26.3. The van der Waals surface area contributed by atoms with Crippen LogP contribution in [-0.2, 0) is 4.79 Å². The van der Waals surface area contributed by atoms with Crippen LogP contribution < -0.4 is 4.90 Å². The predicted octanol–water partition coefficient (Wildman–Crippen LogP) is 7.11. The summed E-state index contributed by atoms with van der Waals surface area (Å²) in [6.07, 6.45) is 1.35. The molecule has 0 aromatic heterocycles. The first-order valence-electron chi connectivity index (χ1n) is 11.9. The second kappa shape index (κ2) is 9.67. The Hall–Kier alpha value is -4.23. The van der Waals surface area contributed by atoms with Crippen molar-refractivity contribution in [3.8, 4) is 0 Å². The first kappa shape index (κ1) is 24.5. The number of Topliss-reactive ketones (excluding diaryl/α,β-unsaturated/α-hetero) is 1. The van der Waals surface area contributed by atoms with Gasteiger partial charge in [-0.05, 0) is 37.5 Å². The molecule has 0 amide bonds. The number of aliphatic hydroxyl groups is 1. The van der Waals surface area contributed by atoms with Gasteiger partial charge in [-0.15, -0.1) is 0 Å². The predicted molar refractivity (Wildman–Crippen MR) is 144 cm³/mol. The number of anilines is 1. The topological polar surface area (TPSA) is 108 Å². The molecule has 1 atom stereocenters. The van der Waals surface area contributed by atoms with Gasteiger partial charge in [0, 0.05) is 45.8 Å². The molecule has 0 fully saturated rings. The number of aryl methyl sites for hydroxylation is 1. The number of hydrogen-bond donors (Lipinski definition) is 2. The Morgan fingerprint density at radius 2 is 1.78 bits per heavy atom. The summed E-state index contributed by atoms with van der Waals surface area (Å²) in [6, 6.07) is 20.7. The number of nitro groups is 1. The van der Waals surface area contributed by atoms with E-state index in [9.17, 15) is 25.4 Å². The van der Waals surface area contributed by atoms with Crippen LogP contribution in [0.3, 0.4) is 0 Å². The normalized spacial score (nSPS) is 19.1. The van der Waals surface area contributed by atoms with E-state index in [1.807, 2.05) is 37.3 Å². The molecule has 186 valence electrons. The van der Waals surface area contributed by atoms with E-state index in [1.165, 1.54) is 23.1 Å². The number of nitrogens with zero attached hydrogens (tertiary/aromatic N) is 2. The highest BCUT2D eigenvalue weighted by Gasteiger charge is 2.44. The molecule has 0 saturated carbocycles. The SMILES string of the molecule is Cc1ccc([C@H]2C(=C(O)c3ccccc3)C(=N)N(c3ccc(Cl)cc3[N+](=O)[O-])C3=C2C(=O)CCC3)cc1. The van der Waals surface area contributed by atoms with Crippen molar-refractivity contribution in [3.05, 3.63) is 121 Å². The van der Waals surface area contributed by atoms with Crippen LogP contribution in [0.2, 0.25) is 5.02 Å². The average Bonchev–Trinajstić information content (AvgIpc) is 2.89. The highest BCUT2D eigenvalue weighted by molar-refractivity contribution is 6.31. The molecule has 0 saturated heterocycles. The lowest BCUT2D eigenvalue weighted by Crippen LogP contribution is -2.42. The van der Waals surface area contributed by atoms with Crippen LogP contribution in [0.5, 0.6) is 0 Å². The maximum absolute atomic E-state index is 13.5. The summed E-state index contributed by atoms with van der Waals surface area (Å²) in [4.78, 5) is 26.4. The van der Waals surface area contributed by atoms with Gasteiger partial charge < -0.3 is 5.11 Å². The van der Waals surface area contributed by atoms with E-state index < -0.39 is 10.8 Å². The van der Waals surface area contributed by atoms with Crippen LogP contribution in [0.15, 0.2) is 89.6 Å². The molecule has 1 heterocycles. The molecule has 0 unspecified atom stereocenters. The molecule has 3 aromatic carbocycles. The molecule has 37 heavy (non-hydrogen) atoms. The quantitative estimate of drug-likeness (QED) is 0.219. The van der Waals surface area contributed by atoms with E-state index in [-0.39, 0.29) is 39.3 Å². The van der Waals surface area contributed by atoms with Gasteiger partial charge in [0.05, 0.1) is 4.92 Å². The summed E-state index contributed by atoms with van der Waals surface area (Å²) in [5.41, 5.74) is 3.34. The summed E-state index contributed by atoms with van der Waals surface area (Å²) < 4.78 is 0. The lowest BCUT2D eigenvalue weighted by Gasteiger charge is -2.41. The van der Waals surface area contributed by atoms with Gasteiger partial charge in [0.15, 0.2) is 5.78 Å². The molecule has 0 bridgehead atoms. The number of amidine groups is 1. The molecule has 3 aromatic rings. The van der Waals surface area contributed by atoms with E-state index in [0.29, 0.717) is 36.1 Å². The fraction of sp³-hybridized carbons (Fsp3) is 0.172. The number of hydrogen-bond acceptors (Lipinski definition) is 5. The van der Waals surface area contributed by atoms with E-state index >= 15 is 0 Å². The first-order chi connectivity index (χ1) is 17.8. The van der Waals surface area contributed by atoms with Gasteiger partial charge in [0.25, 0.3) is 5.69 Å². The molecule has 0 spiro atoms. The number of halogens is 1. The van der Waals surface area contributed by atoms with Crippen molar-refractivity contribution in [2.24, 2.45) is 0 Å². The number of allylic oxidation sites excluding steroid dienone is 2. The molecule has 2 aliphatic rings. The minimum absolute atomic E-state index is 0.0979. The average molecular weight is 514 g/mol. The third-order valence-electron chi connectivity index (χ3n) is 6.84. The molecular weight excluding hydrogens is 490 g/mol. The van der Waals surface area contributed by atoms with Crippen molar-refractivity contribution in [3.63, 3.8) is 0 Å². The fourth-order valence-electron chi connectivity index (χ4n) is 5.13. The number of aliphatic hydroxyl groups excluding tert-OH is 1. The molecule has 0 radical (unpaired) electrons. The third-order valence-corrected chi connectivity index (χ3v) is 7.08. The van der Waals surface area contributed by atoms with Gasteiger partial charge in [0.2, 0.25) is 0 Å². The molecular formula is C29H24ClN3O4. The van der Waals surface area contributed by atoms with Crippen LogP contribution in [0.25, 0.3) is 5.76 Å². The van der Waals surface area contributed by atoms with E-state index in [4.69, 9.17) is 11.6 Å². The van der Waals surface area contributed by atoms with E-state index in [1.54, 1.807) is 24.3 Å². The minimum Gasteiger partial charge on any atom is -0.507 e. The lowest BCUT2D eigenvalue weighted by molar-refractivity contribution is -0.384. The van der Waals surface area contributed by atoms with Crippen LogP contribution in [-0.4, -0.2) is 21.6 Å². The Morgan fingerprint density at radius 3 is 2.46 bits per heavy atom. The number of ketones is 1. The first-order valence-corrected chi connectivity index (χ1v) is 12.3. The number of carbonyl (C=O) groups excluding carboxylic acids is 1. The fourth-order valence-corrected chi connectivity index (χ4v) is 5.30. The number of rotatable bonds is 4. The van der Waals surface area contributed by atoms with Crippen molar-refractivity contribution in [2.45, 2.75) is 32.1 Å². The van der Waals surface area contributed by atoms with E-state index in [0.717, 1.165) is 11.1 Å². The second-order valence-electron chi connectivity index (χ2n) is 9.18. The van der Waals surface area contributed by atoms with Gasteiger partial charge in [-0.1, -0.05) is 71.8 Å². The van der Waals surface area contributed by atoms with Gasteiger partial charge in [-0.25, -0.2) is 0 Å². The number of nitrogens with one attached hydrogen (secondary N) is 1. The van der Waals surface area contributed by atoms with Gasteiger partial charge >= 0.3 is 0 Å². The van der Waals surface area contributed by atoms with Crippen molar-refractivity contribution in [1.29, 1.82) is 5.41 Å². The van der Waals surface area contributed by atoms with Crippen LogP contribution in [0.4, 0.5) is 11.4 Å². The standard InChI is InChI=1S/C29H24ClN3O4/c1-17-10-12-18(13-11-17)25-26-22(8-5-9-24(26)34)32(21-15-14-20(30)16-23(21)33(36)37)29(31)27(25)28(35)19-6-3-2-4-7-19/h2-4,6-7,10-16,25,31,35H,5,8-9H2,1H3/t25-/m1/s1. The Labute approximate surface area is 219 Å². The van der Waals surface area contributed by atoms with Crippen LogP contribution in [0.1, 0.15) is 41.9 Å². The van der Waals surface area contributed by atoms with E-state index in [2.05, 4.69) is 0 Å². The molecule has 1 aliphatic heterocycles. The van der Waals surface area contributed by atoms with Crippen LogP contribution >= 0.6 is 11.6 Å². The molecule has 5 rings (SSSR count). The minimum atomic E-state index is -0.696. The summed E-state index contributed by atoms with van der Waals surface area (Å²) in [7, 11) is 0.